The van der Waals surface area contributed by atoms with Gasteiger partial charge in [-0.2, -0.15) is 4.58 Å². The molecule has 0 amide bonds. The summed E-state index contributed by atoms with van der Waals surface area (Å²) in [6.45, 7) is 14.3. The van der Waals surface area contributed by atoms with Gasteiger partial charge in [0.15, 0.2) is 12.3 Å². The van der Waals surface area contributed by atoms with E-state index in [1.165, 1.54) is 23.3 Å². The van der Waals surface area contributed by atoms with E-state index in [9.17, 15) is 9.59 Å². The van der Waals surface area contributed by atoms with Gasteiger partial charge in [0.1, 0.15) is 0 Å². The van der Waals surface area contributed by atoms with Crippen LogP contribution in [0, 0.1) is 0 Å². The average Bonchev–Trinajstić information content (AvgIpc) is 3.28. The number of halogens is 1. The number of allylic oxidation sites excluding steroid dienone is 4. The SMILES string of the molecule is CCOC(=O)/C=C/CN1/C(=C/C=C/C2=[N+](C/C=C/C(=O)OCC)c3ccccc3C2(C)C)C(C)(C)c2ccccc21.[Br-]. The van der Waals surface area contributed by atoms with E-state index in [2.05, 4.69) is 91.8 Å². The second kappa shape index (κ2) is 14.0. The Morgan fingerprint density at radius 2 is 1.43 bits per heavy atom. The maximum absolute atomic E-state index is 11.9. The number of rotatable bonds is 10. The Labute approximate surface area is 260 Å². The molecule has 6 nitrogen and oxygen atoms in total. The molecule has 2 aliphatic heterocycles. The molecule has 42 heavy (non-hydrogen) atoms. The quantitative estimate of drug-likeness (QED) is 0.228. The number of anilines is 1. The standard InChI is InChI=1S/C35H41N2O4.BrH/c1-7-40-32(38)22-14-24-36-28-18-11-9-16-26(28)34(3,4)30(36)20-13-21-31-35(5,6)27-17-10-12-19-29(27)37(31)25-15-23-33(39)41-8-2;/h9-23H,7-8,24-25H2,1-6H3;1H/q+1;/p-1/b22-14+,23-15+;. The van der Waals surface area contributed by atoms with Gasteiger partial charge in [0, 0.05) is 53.2 Å². The molecular weight excluding hydrogens is 592 g/mol. The van der Waals surface area contributed by atoms with Crippen LogP contribution in [0.4, 0.5) is 11.4 Å². The fourth-order valence-corrected chi connectivity index (χ4v) is 5.80. The molecular formula is C35H41BrN2O4. The largest absolute Gasteiger partial charge is 1.00 e. The summed E-state index contributed by atoms with van der Waals surface area (Å²) >= 11 is 0. The molecule has 0 N–H and O–H groups in total. The Balaban J connectivity index is 0.00000484. The molecule has 2 heterocycles. The molecule has 222 valence electrons. The van der Waals surface area contributed by atoms with E-state index >= 15 is 0 Å². The van der Waals surface area contributed by atoms with E-state index < -0.39 is 0 Å². The summed E-state index contributed by atoms with van der Waals surface area (Å²) in [5.41, 5.74) is 6.61. The summed E-state index contributed by atoms with van der Waals surface area (Å²) in [5.74, 6) is -0.664. The predicted octanol–water partition coefficient (Wildman–Crippen LogP) is 3.54. The minimum atomic E-state index is -0.332. The fourth-order valence-electron chi connectivity index (χ4n) is 5.80. The highest BCUT2D eigenvalue weighted by atomic mass is 79.9. The van der Waals surface area contributed by atoms with Gasteiger partial charge >= 0.3 is 11.9 Å². The van der Waals surface area contributed by atoms with Gasteiger partial charge in [0.25, 0.3) is 0 Å². The van der Waals surface area contributed by atoms with Gasteiger partial charge in [0.05, 0.1) is 18.6 Å². The topological polar surface area (TPSA) is 58.8 Å². The first-order valence-corrected chi connectivity index (χ1v) is 14.3. The van der Waals surface area contributed by atoms with Gasteiger partial charge in [-0.3, -0.25) is 0 Å². The van der Waals surface area contributed by atoms with Crippen molar-refractivity contribution in [3.8, 4) is 0 Å². The zero-order valence-electron chi connectivity index (χ0n) is 25.4. The van der Waals surface area contributed by atoms with Gasteiger partial charge in [-0.1, -0.05) is 62.4 Å². The summed E-state index contributed by atoms with van der Waals surface area (Å²) in [7, 11) is 0. The predicted molar refractivity (Wildman–Crippen MR) is 165 cm³/mol. The second-order valence-electron chi connectivity index (χ2n) is 11.1. The van der Waals surface area contributed by atoms with E-state index in [1.54, 1.807) is 13.8 Å². The minimum Gasteiger partial charge on any atom is -1.00 e. The van der Waals surface area contributed by atoms with Gasteiger partial charge in [-0.25, -0.2) is 9.59 Å². The highest BCUT2D eigenvalue weighted by Crippen LogP contribution is 2.47. The average molecular weight is 634 g/mol. The van der Waals surface area contributed by atoms with Crippen molar-refractivity contribution < 1.29 is 40.6 Å². The first-order chi connectivity index (χ1) is 19.6. The number of carbonyl (C=O) groups is 2. The van der Waals surface area contributed by atoms with Crippen molar-refractivity contribution in [3.05, 3.63) is 108 Å². The molecule has 7 heteroatoms. The van der Waals surface area contributed by atoms with Gasteiger partial charge in [-0.05, 0) is 51.5 Å². The molecule has 0 saturated heterocycles. The third kappa shape index (κ3) is 6.67. The van der Waals surface area contributed by atoms with Crippen molar-refractivity contribution in [2.45, 2.75) is 52.4 Å². The van der Waals surface area contributed by atoms with E-state index in [-0.39, 0.29) is 39.8 Å². The molecule has 0 spiro atoms. The fraction of sp³-hybridized carbons (Fsp3) is 0.343. The molecule has 0 saturated carbocycles. The number of fused-ring (bicyclic) bond motifs is 2. The Morgan fingerprint density at radius 3 is 2.10 bits per heavy atom. The molecule has 2 aromatic carbocycles. The molecule has 2 aliphatic rings. The number of esters is 2. The summed E-state index contributed by atoms with van der Waals surface area (Å²) < 4.78 is 12.4. The second-order valence-corrected chi connectivity index (χ2v) is 11.1. The van der Waals surface area contributed by atoms with Crippen molar-refractivity contribution in [2.24, 2.45) is 0 Å². The first-order valence-electron chi connectivity index (χ1n) is 14.3. The van der Waals surface area contributed by atoms with Gasteiger partial charge < -0.3 is 31.4 Å². The summed E-state index contributed by atoms with van der Waals surface area (Å²) in [6.07, 6.45) is 13.2. The molecule has 0 radical (unpaired) electrons. The number of nitrogens with zero attached hydrogens (tertiary/aromatic N) is 2. The van der Waals surface area contributed by atoms with E-state index in [0.29, 0.717) is 26.3 Å². The van der Waals surface area contributed by atoms with Crippen molar-refractivity contribution in [1.29, 1.82) is 0 Å². The molecule has 4 rings (SSSR count). The van der Waals surface area contributed by atoms with Crippen molar-refractivity contribution >= 4 is 29.0 Å². The number of para-hydroxylation sites is 2. The van der Waals surface area contributed by atoms with Crippen LogP contribution in [0.3, 0.4) is 0 Å². The Bertz CT molecular complexity index is 1460. The minimum absolute atomic E-state index is 0. The lowest BCUT2D eigenvalue weighted by Gasteiger charge is -2.26. The maximum atomic E-state index is 11.9. The smallest absolute Gasteiger partial charge is 0.330 e. The lowest BCUT2D eigenvalue weighted by atomic mass is 9.81. The van der Waals surface area contributed by atoms with Crippen molar-refractivity contribution in [2.75, 3.05) is 31.2 Å². The van der Waals surface area contributed by atoms with Crippen LogP contribution < -0.4 is 21.9 Å². The summed E-state index contributed by atoms with van der Waals surface area (Å²) in [5, 5.41) is 0. The van der Waals surface area contributed by atoms with Crippen LogP contribution in [0.25, 0.3) is 0 Å². The van der Waals surface area contributed by atoms with Crippen LogP contribution in [0.15, 0.2) is 96.8 Å². The molecule has 0 aromatic heterocycles. The highest BCUT2D eigenvalue weighted by Gasteiger charge is 2.44. The van der Waals surface area contributed by atoms with Crippen LogP contribution in [0.1, 0.15) is 52.7 Å². The third-order valence-electron chi connectivity index (χ3n) is 7.76. The van der Waals surface area contributed by atoms with Crippen LogP contribution in [-0.2, 0) is 29.9 Å². The Morgan fingerprint density at radius 1 is 0.833 bits per heavy atom. The number of hydrogen-bond donors (Lipinski definition) is 0. The molecule has 0 fully saturated rings. The summed E-state index contributed by atoms with van der Waals surface area (Å²) in [6, 6.07) is 16.8. The zero-order chi connectivity index (χ0) is 29.6. The van der Waals surface area contributed by atoms with Gasteiger partial charge in [0.2, 0.25) is 5.69 Å². The van der Waals surface area contributed by atoms with Crippen LogP contribution in [-0.4, -0.2) is 48.5 Å². The van der Waals surface area contributed by atoms with Crippen molar-refractivity contribution in [3.63, 3.8) is 0 Å². The molecule has 2 aromatic rings. The number of benzene rings is 2. The summed E-state index contributed by atoms with van der Waals surface area (Å²) in [4.78, 5) is 26.1. The first kappa shape index (κ1) is 32.8. The van der Waals surface area contributed by atoms with Crippen LogP contribution in [0.5, 0.6) is 0 Å². The molecule has 0 aliphatic carbocycles. The van der Waals surface area contributed by atoms with Crippen LogP contribution in [0.2, 0.25) is 0 Å². The lowest BCUT2D eigenvalue weighted by molar-refractivity contribution is -0.425. The van der Waals surface area contributed by atoms with Crippen molar-refractivity contribution in [1.82, 2.24) is 0 Å². The normalized spacial score (nSPS) is 17.7. The number of ether oxygens (including phenoxy) is 2. The third-order valence-corrected chi connectivity index (χ3v) is 7.76. The molecule has 0 unspecified atom stereocenters. The lowest BCUT2D eigenvalue weighted by Crippen LogP contribution is -3.00. The number of carbonyl (C=O) groups excluding carboxylic acids is 2. The van der Waals surface area contributed by atoms with Crippen LogP contribution >= 0.6 is 0 Å². The monoisotopic (exact) mass is 632 g/mol. The van der Waals surface area contributed by atoms with E-state index in [0.717, 1.165) is 22.8 Å². The van der Waals surface area contributed by atoms with E-state index in [1.807, 2.05) is 24.3 Å². The Hall–Kier alpha value is -3.71. The highest BCUT2D eigenvalue weighted by molar-refractivity contribution is 6.03. The molecule has 0 atom stereocenters. The zero-order valence-corrected chi connectivity index (χ0v) is 27.0. The van der Waals surface area contributed by atoms with E-state index in [4.69, 9.17) is 9.47 Å². The molecule has 0 bridgehead atoms. The van der Waals surface area contributed by atoms with Gasteiger partial charge in [-0.15, -0.1) is 0 Å². The number of hydrogen-bond acceptors (Lipinski definition) is 5. The Kier molecular flexibility index (Phi) is 10.9. The maximum Gasteiger partial charge on any atom is 0.330 e.